The molecule has 3 aliphatic heterocycles. The number of fused-ring (bicyclic) bond motifs is 3. The highest BCUT2D eigenvalue weighted by Crippen LogP contribution is 2.46. The first kappa shape index (κ1) is 32.0. The van der Waals surface area contributed by atoms with Crippen molar-refractivity contribution in [3.8, 4) is 11.1 Å². The molecule has 0 aromatic heterocycles. The SMILES string of the molecule is CC(C)C1(C(=O)NCC2CCC(F)(F)CC2)CN(C(=O)[C@@H]2CC[C@@]3(CCO3)CN2C(=O)OCC2c3ccccc3-c3ccccc32)C1. The van der Waals surface area contributed by atoms with Crippen LogP contribution < -0.4 is 5.32 Å². The van der Waals surface area contributed by atoms with Crippen LogP contribution in [0.1, 0.15) is 75.8 Å². The standard InChI is InChI=1S/C37H45F2N3O5/c1-24(2)36(33(44)40-19-25-11-15-37(38,39)16-12-25)22-41(23-36)32(43)31-13-14-35(17-18-47-35)21-42(31)34(45)46-20-30-28-9-5-3-7-26(28)27-8-4-6-10-29(27)30/h3-10,24-25,30-31H,11-23H2,1-2H3,(H,40,44)/t31-,35+/m0/s1. The van der Waals surface area contributed by atoms with Crippen LogP contribution in [0.25, 0.3) is 11.1 Å². The van der Waals surface area contributed by atoms with E-state index in [2.05, 4.69) is 29.6 Å². The van der Waals surface area contributed by atoms with Crippen molar-refractivity contribution in [3.05, 3.63) is 59.7 Å². The largest absolute Gasteiger partial charge is 0.448 e. The third-order valence-electron chi connectivity index (χ3n) is 11.7. The van der Waals surface area contributed by atoms with Gasteiger partial charge in [-0.3, -0.25) is 14.5 Å². The summed E-state index contributed by atoms with van der Waals surface area (Å²) in [6.45, 7) is 5.94. The van der Waals surface area contributed by atoms with Crippen LogP contribution in [0.2, 0.25) is 0 Å². The molecule has 0 unspecified atom stereocenters. The van der Waals surface area contributed by atoms with Crippen molar-refractivity contribution in [3.63, 3.8) is 0 Å². The minimum atomic E-state index is -2.61. The quantitative estimate of drug-likeness (QED) is 0.399. The molecule has 1 spiro atoms. The number of carbonyl (C=O) groups is 3. The van der Waals surface area contributed by atoms with Crippen molar-refractivity contribution < 1.29 is 32.6 Å². The van der Waals surface area contributed by atoms with Crippen molar-refractivity contribution in [1.29, 1.82) is 0 Å². The lowest BCUT2D eigenvalue weighted by molar-refractivity contribution is -0.188. The number of hydrogen-bond acceptors (Lipinski definition) is 5. The maximum atomic E-state index is 14.0. The molecule has 3 amide bonds. The summed E-state index contributed by atoms with van der Waals surface area (Å²) in [5.74, 6) is -3.00. The summed E-state index contributed by atoms with van der Waals surface area (Å²) < 4.78 is 39.2. The van der Waals surface area contributed by atoms with Crippen LogP contribution in [0.4, 0.5) is 13.6 Å². The molecule has 2 aromatic carbocycles. The van der Waals surface area contributed by atoms with E-state index in [0.717, 1.165) is 28.7 Å². The summed E-state index contributed by atoms with van der Waals surface area (Å²) in [6, 6.07) is 15.7. The second kappa shape index (κ2) is 12.2. The number of halogens is 2. The topological polar surface area (TPSA) is 88.2 Å². The van der Waals surface area contributed by atoms with Gasteiger partial charge in [0.15, 0.2) is 0 Å². The Morgan fingerprint density at radius 3 is 2.11 bits per heavy atom. The summed E-state index contributed by atoms with van der Waals surface area (Å²) in [4.78, 5) is 44.6. The fraction of sp³-hybridized carbons (Fsp3) is 0.595. The predicted octanol–water partition coefficient (Wildman–Crippen LogP) is 5.99. The third-order valence-corrected chi connectivity index (χ3v) is 11.7. The fourth-order valence-corrected chi connectivity index (χ4v) is 8.38. The molecular weight excluding hydrogens is 604 g/mol. The smallest absolute Gasteiger partial charge is 0.410 e. The molecule has 0 radical (unpaired) electrons. The Kier molecular flexibility index (Phi) is 8.30. The number of rotatable bonds is 7. The predicted molar refractivity (Wildman–Crippen MR) is 172 cm³/mol. The van der Waals surface area contributed by atoms with Crippen molar-refractivity contribution >= 4 is 17.9 Å². The van der Waals surface area contributed by atoms with Crippen LogP contribution in [-0.2, 0) is 19.1 Å². The van der Waals surface area contributed by atoms with Crippen molar-refractivity contribution in [2.75, 3.05) is 39.4 Å². The fourth-order valence-electron chi connectivity index (χ4n) is 8.38. The Morgan fingerprint density at radius 1 is 0.915 bits per heavy atom. The van der Waals surface area contributed by atoms with E-state index in [1.54, 1.807) is 9.80 Å². The van der Waals surface area contributed by atoms with Crippen molar-refractivity contribution in [2.24, 2.45) is 17.3 Å². The molecule has 4 fully saturated rings. The zero-order chi connectivity index (χ0) is 33.0. The molecule has 2 atom stereocenters. The molecule has 2 aliphatic carbocycles. The Labute approximate surface area is 275 Å². The number of piperidine rings is 1. The van der Waals surface area contributed by atoms with E-state index in [4.69, 9.17) is 9.47 Å². The molecular formula is C37H45F2N3O5. The van der Waals surface area contributed by atoms with Gasteiger partial charge in [-0.05, 0) is 59.8 Å². The van der Waals surface area contributed by atoms with Gasteiger partial charge in [0, 0.05) is 44.8 Å². The molecule has 2 aromatic rings. The highest BCUT2D eigenvalue weighted by Gasteiger charge is 2.56. The van der Waals surface area contributed by atoms with Gasteiger partial charge in [0.25, 0.3) is 0 Å². The zero-order valence-electron chi connectivity index (χ0n) is 27.3. The number of benzene rings is 2. The van der Waals surface area contributed by atoms with Crippen LogP contribution >= 0.6 is 0 Å². The number of alkyl halides is 2. The Hall–Kier alpha value is -3.53. The van der Waals surface area contributed by atoms with Crippen molar-refractivity contribution in [1.82, 2.24) is 15.1 Å². The second-order valence-electron chi connectivity index (χ2n) is 14.8. The molecule has 1 saturated carbocycles. The summed E-state index contributed by atoms with van der Waals surface area (Å²) >= 11 is 0. The average molecular weight is 650 g/mol. The summed E-state index contributed by atoms with van der Waals surface area (Å²) in [6.07, 6.45) is 1.97. The number of ether oxygens (including phenoxy) is 2. The molecule has 10 heteroatoms. The lowest BCUT2D eigenvalue weighted by Crippen LogP contribution is -2.71. The minimum absolute atomic E-state index is 0.0292. The van der Waals surface area contributed by atoms with E-state index in [1.165, 1.54) is 0 Å². The number of amides is 3. The molecule has 252 valence electrons. The third kappa shape index (κ3) is 5.80. The number of carbonyl (C=O) groups excluding carboxylic acids is 3. The van der Waals surface area contributed by atoms with Gasteiger partial charge in [0.1, 0.15) is 12.6 Å². The number of nitrogens with zero attached hydrogens (tertiary/aromatic N) is 2. The van der Waals surface area contributed by atoms with Crippen LogP contribution in [0.3, 0.4) is 0 Å². The van der Waals surface area contributed by atoms with Gasteiger partial charge in [-0.15, -0.1) is 0 Å². The normalized spacial score (nSPS) is 26.3. The lowest BCUT2D eigenvalue weighted by atomic mass is 9.69. The first-order valence-corrected chi connectivity index (χ1v) is 17.2. The van der Waals surface area contributed by atoms with Crippen LogP contribution in [0.5, 0.6) is 0 Å². The Morgan fingerprint density at radius 2 is 1.53 bits per heavy atom. The molecule has 3 heterocycles. The van der Waals surface area contributed by atoms with Gasteiger partial charge >= 0.3 is 6.09 Å². The second-order valence-corrected chi connectivity index (χ2v) is 14.8. The molecule has 5 aliphatic rings. The van der Waals surface area contributed by atoms with Crippen LogP contribution in [0, 0.1) is 17.3 Å². The summed E-state index contributed by atoms with van der Waals surface area (Å²) in [5.41, 5.74) is 3.34. The maximum Gasteiger partial charge on any atom is 0.410 e. The first-order valence-electron chi connectivity index (χ1n) is 17.2. The molecule has 7 rings (SSSR count). The molecule has 1 N–H and O–H groups in total. The molecule has 3 saturated heterocycles. The van der Waals surface area contributed by atoms with Gasteiger partial charge in [-0.2, -0.15) is 0 Å². The van der Waals surface area contributed by atoms with Gasteiger partial charge in [0.05, 0.1) is 24.2 Å². The number of nitrogens with one attached hydrogen (secondary N) is 1. The van der Waals surface area contributed by atoms with E-state index in [9.17, 15) is 23.2 Å². The monoisotopic (exact) mass is 649 g/mol. The van der Waals surface area contributed by atoms with E-state index >= 15 is 0 Å². The highest BCUT2D eigenvalue weighted by molar-refractivity contribution is 5.91. The van der Waals surface area contributed by atoms with E-state index in [-0.39, 0.29) is 62.1 Å². The molecule has 8 nitrogen and oxygen atoms in total. The summed E-state index contributed by atoms with van der Waals surface area (Å²) in [5, 5.41) is 3.03. The average Bonchev–Trinajstić information content (AvgIpc) is 3.34. The first-order chi connectivity index (χ1) is 22.5. The van der Waals surface area contributed by atoms with E-state index < -0.39 is 29.1 Å². The Bertz CT molecular complexity index is 1480. The van der Waals surface area contributed by atoms with Crippen molar-refractivity contribution in [2.45, 2.75) is 82.3 Å². The van der Waals surface area contributed by atoms with Gasteiger partial charge in [-0.1, -0.05) is 62.4 Å². The van der Waals surface area contributed by atoms with Crippen LogP contribution in [0.15, 0.2) is 48.5 Å². The Balaban J connectivity index is 1.01. The minimum Gasteiger partial charge on any atom is -0.448 e. The lowest BCUT2D eigenvalue weighted by Gasteiger charge is -2.55. The molecule has 47 heavy (non-hydrogen) atoms. The number of likely N-dealkylation sites (tertiary alicyclic amines) is 2. The summed E-state index contributed by atoms with van der Waals surface area (Å²) in [7, 11) is 0. The molecule has 0 bridgehead atoms. The van der Waals surface area contributed by atoms with Crippen LogP contribution in [-0.4, -0.2) is 84.7 Å². The van der Waals surface area contributed by atoms with Gasteiger partial charge < -0.3 is 19.7 Å². The zero-order valence-corrected chi connectivity index (χ0v) is 27.3. The van der Waals surface area contributed by atoms with Gasteiger partial charge in [0.2, 0.25) is 17.7 Å². The van der Waals surface area contributed by atoms with E-state index in [0.29, 0.717) is 45.4 Å². The van der Waals surface area contributed by atoms with E-state index in [1.807, 2.05) is 38.1 Å². The maximum absolute atomic E-state index is 14.0. The highest BCUT2D eigenvalue weighted by atomic mass is 19.3. The number of hydrogen-bond donors (Lipinski definition) is 1. The van der Waals surface area contributed by atoms with Gasteiger partial charge in [-0.25, -0.2) is 13.6 Å².